The van der Waals surface area contributed by atoms with E-state index in [1.54, 1.807) is 6.20 Å². The van der Waals surface area contributed by atoms with E-state index >= 15 is 0 Å². The first kappa shape index (κ1) is 14.5. The van der Waals surface area contributed by atoms with Crippen molar-refractivity contribution < 1.29 is 9.90 Å². The predicted molar refractivity (Wildman–Crippen MR) is 79.5 cm³/mol. The molecule has 0 fully saturated rings. The minimum absolute atomic E-state index is 0.351. The first-order chi connectivity index (χ1) is 9.56. The molecule has 0 saturated carbocycles. The van der Waals surface area contributed by atoms with Crippen LogP contribution in [0.4, 0.5) is 0 Å². The van der Waals surface area contributed by atoms with Crippen molar-refractivity contribution in [2.75, 3.05) is 0 Å². The van der Waals surface area contributed by atoms with Gasteiger partial charge in [-0.05, 0) is 36.1 Å². The van der Waals surface area contributed by atoms with E-state index in [9.17, 15) is 9.90 Å². The maximum absolute atomic E-state index is 11.2. The molecule has 2 aromatic rings. The SMILES string of the molecule is CC(C)CC(NCc1ccc2ncccc2c1)C(=O)O. The third-order valence-corrected chi connectivity index (χ3v) is 3.23. The number of aromatic nitrogens is 1. The summed E-state index contributed by atoms with van der Waals surface area (Å²) in [7, 11) is 0. The van der Waals surface area contributed by atoms with Crippen LogP contribution >= 0.6 is 0 Å². The van der Waals surface area contributed by atoms with Gasteiger partial charge in [-0.1, -0.05) is 26.0 Å². The molecular formula is C16H20N2O2. The maximum atomic E-state index is 11.2. The lowest BCUT2D eigenvalue weighted by molar-refractivity contribution is -0.140. The number of fused-ring (bicyclic) bond motifs is 1. The molecule has 0 bridgehead atoms. The zero-order valence-corrected chi connectivity index (χ0v) is 11.8. The monoisotopic (exact) mass is 272 g/mol. The summed E-state index contributed by atoms with van der Waals surface area (Å²) in [4.78, 5) is 15.5. The molecule has 0 spiro atoms. The molecule has 4 heteroatoms. The van der Waals surface area contributed by atoms with Crippen LogP contribution in [0.15, 0.2) is 36.5 Å². The highest BCUT2D eigenvalue weighted by Gasteiger charge is 2.17. The topological polar surface area (TPSA) is 62.2 Å². The molecule has 20 heavy (non-hydrogen) atoms. The molecule has 0 aliphatic heterocycles. The van der Waals surface area contributed by atoms with Crippen molar-refractivity contribution in [1.29, 1.82) is 0 Å². The number of carboxylic acid groups (broad SMARTS) is 1. The van der Waals surface area contributed by atoms with Gasteiger partial charge < -0.3 is 10.4 Å². The average molecular weight is 272 g/mol. The molecular weight excluding hydrogens is 252 g/mol. The Morgan fingerprint density at radius 1 is 1.35 bits per heavy atom. The summed E-state index contributed by atoms with van der Waals surface area (Å²) in [6.07, 6.45) is 2.40. The normalized spacial score (nSPS) is 12.8. The fourth-order valence-electron chi connectivity index (χ4n) is 2.22. The Hall–Kier alpha value is -1.94. The molecule has 0 aliphatic rings. The van der Waals surface area contributed by atoms with E-state index in [0.717, 1.165) is 16.5 Å². The van der Waals surface area contributed by atoms with E-state index in [1.807, 2.05) is 44.2 Å². The zero-order chi connectivity index (χ0) is 14.5. The molecule has 1 unspecified atom stereocenters. The van der Waals surface area contributed by atoms with Gasteiger partial charge in [0.25, 0.3) is 0 Å². The molecule has 0 aliphatic carbocycles. The maximum Gasteiger partial charge on any atom is 0.320 e. The van der Waals surface area contributed by atoms with Crippen molar-refractivity contribution in [3.05, 3.63) is 42.1 Å². The van der Waals surface area contributed by atoms with Gasteiger partial charge in [-0.3, -0.25) is 9.78 Å². The van der Waals surface area contributed by atoms with E-state index in [0.29, 0.717) is 18.9 Å². The average Bonchev–Trinajstić information content (AvgIpc) is 2.42. The van der Waals surface area contributed by atoms with Crippen molar-refractivity contribution in [1.82, 2.24) is 10.3 Å². The number of hydrogen-bond acceptors (Lipinski definition) is 3. The van der Waals surface area contributed by atoms with Gasteiger partial charge in [-0.2, -0.15) is 0 Å². The van der Waals surface area contributed by atoms with Crippen LogP contribution < -0.4 is 5.32 Å². The van der Waals surface area contributed by atoms with Crippen LogP contribution in [0.1, 0.15) is 25.8 Å². The molecule has 2 N–H and O–H groups in total. The predicted octanol–water partition coefficient (Wildman–Crippen LogP) is 2.82. The van der Waals surface area contributed by atoms with E-state index in [1.165, 1.54) is 0 Å². The van der Waals surface area contributed by atoms with Crippen LogP contribution in [0.3, 0.4) is 0 Å². The molecule has 0 amide bonds. The second-order valence-electron chi connectivity index (χ2n) is 5.43. The van der Waals surface area contributed by atoms with E-state index in [4.69, 9.17) is 0 Å². The van der Waals surface area contributed by atoms with Gasteiger partial charge in [-0.25, -0.2) is 0 Å². The van der Waals surface area contributed by atoms with Gasteiger partial charge in [-0.15, -0.1) is 0 Å². The Bertz CT molecular complexity index is 596. The Morgan fingerprint density at radius 2 is 2.15 bits per heavy atom. The lowest BCUT2D eigenvalue weighted by Gasteiger charge is -2.16. The van der Waals surface area contributed by atoms with Crippen molar-refractivity contribution in [3.8, 4) is 0 Å². The van der Waals surface area contributed by atoms with E-state index in [-0.39, 0.29) is 0 Å². The molecule has 1 aromatic heterocycles. The molecule has 0 radical (unpaired) electrons. The number of carboxylic acids is 1. The first-order valence-corrected chi connectivity index (χ1v) is 6.86. The molecule has 1 heterocycles. The summed E-state index contributed by atoms with van der Waals surface area (Å²) < 4.78 is 0. The lowest BCUT2D eigenvalue weighted by Crippen LogP contribution is -2.37. The van der Waals surface area contributed by atoms with Crippen molar-refractivity contribution in [2.24, 2.45) is 5.92 Å². The zero-order valence-electron chi connectivity index (χ0n) is 11.8. The number of pyridine rings is 1. The highest BCUT2D eigenvalue weighted by atomic mass is 16.4. The third kappa shape index (κ3) is 3.78. The van der Waals surface area contributed by atoms with Crippen molar-refractivity contribution in [2.45, 2.75) is 32.9 Å². The van der Waals surface area contributed by atoms with Crippen LogP contribution in [0.2, 0.25) is 0 Å². The summed E-state index contributed by atoms with van der Waals surface area (Å²) in [5.74, 6) is -0.439. The molecule has 4 nitrogen and oxygen atoms in total. The van der Waals surface area contributed by atoms with Crippen molar-refractivity contribution >= 4 is 16.9 Å². The fourth-order valence-corrected chi connectivity index (χ4v) is 2.22. The molecule has 0 saturated heterocycles. The summed E-state index contributed by atoms with van der Waals surface area (Å²) in [5.41, 5.74) is 2.02. The Morgan fingerprint density at radius 3 is 2.85 bits per heavy atom. The highest BCUT2D eigenvalue weighted by Crippen LogP contribution is 2.14. The Labute approximate surface area is 118 Å². The van der Waals surface area contributed by atoms with Gasteiger partial charge in [0.05, 0.1) is 5.52 Å². The number of rotatable bonds is 6. The number of carbonyl (C=O) groups is 1. The first-order valence-electron chi connectivity index (χ1n) is 6.86. The fraction of sp³-hybridized carbons (Fsp3) is 0.375. The van der Waals surface area contributed by atoms with Crippen LogP contribution in [-0.2, 0) is 11.3 Å². The second-order valence-corrected chi connectivity index (χ2v) is 5.43. The van der Waals surface area contributed by atoms with Crippen LogP contribution in [0.5, 0.6) is 0 Å². The number of nitrogens with zero attached hydrogens (tertiary/aromatic N) is 1. The van der Waals surface area contributed by atoms with Gasteiger partial charge in [0.1, 0.15) is 6.04 Å². The Balaban J connectivity index is 2.05. The number of nitrogens with one attached hydrogen (secondary N) is 1. The molecule has 1 atom stereocenters. The van der Waals surface area contributed by atoms with Gasteiger partial charge in [0.2, 0.25) is 0 Å². The molecule has 1 aromatic carbocycles. The summed E-state index contributed by atoms with van der Waals surface area (Å²) in [5, 5.41) is 13.4. The Kier molecular flexibility index (Phi) is 4.69. The van der Waals surface area contributed by atoms with Crippen LogP contribution in [-0.4, -0.2) is 22.1 Å². The summed E-state index contributed by atoms with van der Waals surface area (Å²) in [6.45, 7) is 4.60. The standard InChI is InChI=1S/C16H20N2O2/c1-11(2)8-15(16(19)20)18-10-12-5-6-14-13(9-12)4-3-7-17-14/h3-7,9,11,15,18H,8,10H2,1-2H3,(H,19,20). The highest BCUT2D eigenvalue weighted by molar-refractivity contribution is 5.79. The molecule has 2 rings (SSSR count). The summed E-state index contributed by atoms with van der Waals surface area (Å²) in [6, 6.07) is 9.40. The van der Waals surface area contributed by atoms with Gasteiger partial charge >= 0.3 is 5.97 Å². The largest absolute Gasteiger partial charge is 0.480 e. The second kappa shape index (κ2) is 6.48. The van der Waals surface area contributed by atoms with Gasteiger partial charge in [0, 0.05) is 18.1 Å². The van der Waals surface area contributed by atoms with Crippen molar-refractivity contribution in [3.63, 3.8) is 0 Å². The van der Waals surface area contributed by atoms with Crippen LogP contribution in [0.25, 0.3) is 10.9 Å². The van der Waals surface area contributed by atoms with Crippen LogP contribution in [0, 0.1) is 5.92 Å². The quantitative estimate of drug-likeness (QED) is 0.849. The number of hydrogen-bond donors (Lipinski definition) is 2. The number of aliphatic carboxylic acids is 1. The number of benzene rings is 1. The smallest absolute Gasteiger partial charge is 0.320 e. The van der Waals surface area contributed by atoms with Gasteiger partial charge in [0.15, 0.2) is 0 Å². The summed E-state index contributed by atoms with van der Waals surface area (Å²) >= 11 is 0. The van der Waals surface area contributed by atoms with E-state index in [2.05, 4.69) is 10.3 Å². The lowest BCUT2D eigenvalue weighted by atomic mass is 10.0. The molecule has 106 valence electrons. The minimum atomic E-state index is -0.791. The third-order valence-electron chi connectivity index (χ3n) is 3.23. The van der Waals surface area contributed by atoms with E-state index < -0.39 is 12.0 Å². The minimum Gasteiger partial charge on any atom is -0.480 e.